The van der Waals surface area contributed by atoms with Crippen molar-refractivity contribution in [2.75, 3.05) is 18.4 Å². The van der Waals surface area contributed by atoms with Gasteiger partial charge in [-0.25, -0.2) is 9.59 Å². The van der Waals surface area contributed by atoms with Gasteiger partial charge in [-0.1, -0.05) is 42.5 Å². The van der Waals surface area contributed by atoms with Crippen molar-refractivity contribution in [2.45, 2.75) is 38.4 Å². The van der Waals surface area contributed by atoms with E-state index in [-0.39, 0.29) is 24.5 Å². The number of rotatable bonds is 4. The van der Waals surface area contributed by atoms with Crippen LogP contribution in [-0.4, -0.2) is 35.8 Å². The zero-order valence-corrected chi connectivity index (χ0v) is 18.5. The number of nitrogens with zero attached hydrogens (tertiary/aromatic N) is 2. The van der Waals surface area contributed by atoms with Gasteiger partial charge in [0.1, 0.15) is 12.2 Å². The molecule has 0 spiro atoms. The Balaban J connectivity index is 1.33. The van der Waals surface area contributed by atoms with Crippen molar-refractivity contribution in [2.24, 2.45) is 11.8 Å². The summed E-state index contributed by atoms with van der Waals surface area (Å²) in [5.41, 5.74) is 1.28. The van der Waals surface area contributed by atoms with E-state index in [1.165, 1.54) is 0 Å². The van der Waals surface area contributed by atoms with E-state index in [0.29, 0.717) is 18.8 Å². The number of likely N-dealkylation sites (tertiary alicyclic amines) is 1. The predicted molar refractivity (Wildman–Crippen MR) is 119 cm³/mol. The quantitative estimate of drug-likeness (QED) is 0.755. The second-order valence-electron chi connectivity index (χ2n) is 9.34. The molecule has 7 nitrogen and oxygen atoms in total. The maximum Gasteiger partial charge on any atom is 0.411 e. The lowest BCUT2D eigenvalue weighted by molar-refractivity contribution is 0.0266. The molecule has 2 amide bonds. The number of ether oxygens (including phenoxy) is 2. The number of nitriles is 1. The van der Waals surface area contributed by atoms with E-state index in [1.807, 2.05) is 63.2 Å². The van der Waals surface area contributed by atoms with Gasteiger partial charge in [0.15, 0.2) is 0 Å². The summed E-state index contributed by atoms with van der Waals surface area (Å²) in [5.74, 6) is 0.185. The Hall–Kier alpha value is -3.53. The van der Waals surface area contributed by atoms with Crippen molar-refractivity contribution in [3.05, 3.63) is 65.7 Å². The lowest BCUT2D eigenvalue weighted by Gasteiger charge is -2.27. The maximum absolute atomic E-state index is 12.3. The molecule has 2 aromatic rings. The van der Waals surface area contributed by atoms with Crippen LogP contribution >= 0.6 is 0 Å². The van der Waals surface area contributed by atoms with Gasteiger partial charge in [-0.15, -0.1) is 0 Å². The van der Waals surface area contributed by atoms with E-state index in [4.69, 9.17) is 9.47 Å². The Morgan fingerprint density at radius 3 is 2.28 bits per heavy atom. The molecule has 1 heterocycles. The summed E-state index contributed by atoms with van der Waals surface area (Å²) in [4.78, 5) is 26.1. The van der Waals surface area contributed by atoms with E-state index in [2.05, 4.69) is 11.4 Å². The standard InChI is InChI=1S/C25H27N3O4/c1-24(2,3)32-23(30)28-13-20-21(14-28)25(20,16-26)18-9-11-19(12-10-18)27-22(29)31-15-17-7-5-4-6-8-17/h4-12,20-21H,13-15H2,1-3H3,(H,27,29)/t20-,21+,25-. The summed E-state index contributed by atoms with van der Waals surface area (Å²) in [6, 6.07) is 19.2. The van der Waals surface area contributed by atoms with Crippen molar-refractivity contribution in [1.29, 1.82) is 5.26 Å². The summed E-state index contributed by atoms with van der Waals surface area (Å²) in [6.45, 7) is 6.74. The number of carbonyl (C=O) groups excluding carboxylic acids is 2. The van der Waals surface area contributed by atoms with Crippen LogP contribution in [0.5, 0.6) is 0 Å². The molecule has 0 unspecified atom stereocenters. The number of nitrogens with one attached hydrogen (secondary N) is 1. The summed E-state index contributed by atoms with van der Waals surface area (Å²) in [5, 5.41) is 12.7. The minimum Gasteiger partial charge on any atom is -0.444 e. The monoisotopic (exact) mass is 433 g/mol. The first kappa shape index (κ1) is 21.7. The molecule has 1 aliphatic heterocycles. The molecule has 4 rings (SSSR count). The van der Waals surface area contributed by atoms with E-state index in [1.54, 1.807) is 17.0 Å². The molecule has 1 aliphatic carbocycles. The Morgan fingerprint density at radius 2 is 1.72 bits per heavy atom. The molecule has 2 fully saturated rings. The third kappa shape index (κ3) is 4.26. The number of anilines is 1. The van der Waals surface area contributed by atoms with Gasteiger partial charge < -0.3 is 14.4 Å². The smallest absolute Gasteiger partial charge is 0.411 e. The van der Waals surface area contributed by atoms with Crippen LogP contribution in [0.2, 0.25) is 0 Å². The number of carbonyl (C=O) groups is 2. The van der Waals surface area contributed by atoms with Crippen LogP contribution < -0.4 is 5.32 Å². The number of fused-ring (bicyclic) bond motifs is 1. The Bertz CT molecular complexity index is 1030. The van der Waals surface area contributed by atoms with Crippen LogP contribution in [0.3, 0.4) is 0 Å². The third-order valence-electron chi connectivity index (χ3n) is 6.04. The van der Waals surface area contributed by atoms with E-state index in [0.717, 1.165) is 11.1 Å². The summed E-state index contributed by atoms with van der Waals surface area (Å²) >= 11 is 0. The van der Waals surface area contributed by atoms with Crippen molar-refractivity contribution >= 4 is 17.9 Å². The first-order valence-corrected chi connectivity index (χ1v) is 10.7. The highest BCUT2D eigenvalue weighted by atomic mass is 16.6. The van der Waals surface area contributed by atoms with Crippen molar-refractivity contribution < 1.29 is 19.1 Å². The minimum absolute atomic E-state index is 0.0923. The van der Waals surface area contributed by atoms with Gasteiger partial charge in [0.25, 0.3) is 0 Å². The van der Waals surface area contributed by atoms with Crippen LogP contribution in [-0.2, 0) is 21.5 Å². The van der Waals surface area contributed by atoms with Gasteiger partial charge >= 0.3 is 12.2 Å². The maximum atomic E-state index is 12.3. The van der Waals surface area contributed by atoms with Gasteiger partial charge in [-0.3, -0.25) is 5.32 Å². The largest absolute Gasteiger partial charge is 0.444 e. The van der Waals surface area contributed by atoms with Gasteiger partial charge in [0.2, 0.25) is 0 Å². The Morgan fingerprint density at radius 1 is 1.09 bits per heavy atom. The molecule has 0 aromatic heterocycles. The molecule has 32 heavy (non-hydrogen) atoms. The molecule has 166 valence electrons. The molecular weight excluding hydrogens is 406 g/mol. The van der Waals surface area contributed by atoms with E-state index >= 15 is 0 Å². The van der Waals surface area contributed by atoms with Crippen LogP contribution in [0, 0.1) is 23.2 Å². The SMILES string of the molecule is CC(C)(C)OC(=O)N1C[C@@H]2[C@H](C1)[C@]2(C#N)c1ccc(NC(=O)OCc2ccccc2)cc1. The molecule has 2 aromatic carbocycles. The van der Waals surface area contributed by atoms with Crippen molar-refractivity contribution in [3.8, 4) is 6.07 Å². The Kier molecular flexibility index (Phi) is 5.55. The third-order valence-corrected chi connectivity index (χ3v) is 6.04. The summed E-state index contributed by atoms with van der Waals surface area (Å²) in [7, 11) is 0. The van der Waals surface area contributed by atoms with Crippen molar-refractivity contribution in [1.82, 2.24) is 4.90 Å². The van der Waals surface area contributed by atoms with Crippen LogP contribution in [0.25, 0.3) is 0 Å². The number of hydrogen-bond donors (Lipinski definition) is 1. The summed E-state index contributed by atoms with van der Waals surface area (Å²) < 4.78 is 10.7. The fourth-order valence-electron chi connectivity index (χ4n) is 4.47. The van der Waals surface area contributed by atoms with Gasteiger partial charge in [0.05, 0.1) is 11.5 Å². The van der Waals surface area contributed by atoms with Crippen molar-refractivity contribution in [3.63, 3.8) is 0 Å². The lowest BCUT2D eigenvalue weighted by atomic mass is 9.91. The zero-order chi connectivity index (χ0) is 22.9. The second kappa shape index (κ2) is 8.19. The number of benzene rings is 2. The second-order valence-corrected chi connectivity index (χ2v) is 9.34. The first-order chi connectivity index (χ1) is 15.2. The van der Waals surface area contributed by atoms with Crippen LogP contribution in [0.4, 0.5) is 15.3 Å². The zero-order valence-electron chi connectivity index (χ0n) is 18.5. The molecule has 1 saturated heterocycles. The normalized spacial score (nSPS) is 23.6. The average Bonchev–Trinajstić information content (AvgIpc) is 3.12. The molecule has 3 atom stereocenters. The molecule has 0 radical (unpaired) electrons. The molecule has 1 saturated carbocycles. The molecule has 2 aliphatic rings. The topological polar surface area (TPSA) is 91.7 Å². The highest BCUT2D eigenvalue weighted by molar-refractivity contribution is 5.84. The number of amides is 2. The van der Waals surface area contributed by atoms with Gasteiger partial charge in [-0.2, -0.15) is 5.26 Å². The van der Waals surface area contributed by atoms with Gasteiger partial charge in [-0.05, 0) is 44.0 Å². The average molecular weight is 434 g/mol. The Labute approximate surface area is 187 Å². The molecule has 0 bridgehead atoms. The highest BCUT2D eigenvalue weighted by Crippen LogP contribution is 2.63. The minimum atomic E-state index is -0.592. The fourth-order valence-corrected chi connectivity index (χ4v) is 4.47. The van der Waals surface area contributed by atoms with E-state index < -0.39 is 17.1 Å². The fraction of sp³-hybridized carbons (Fsp3) is 0.400. The molecule has 7 heteroatoms. The van der Waals surface area contributed by atoms with Gasteiger partial charge in [0, 0.05) is 30.6 Å². The summed E-state index contributed by atoms with van der Waals surface area (Å²) in [6.07, 6.45) is -0.863. The van der Waals surface area contributed by atoms with Crippen LogP contribution in [0.1, 0.15) is 31.9 Å². The molecular formula is C25H27N3O4. The molecule has 1 N–H and O–H groups in total. The number of hydrogen-bond acceptors (Lipinski definition) is 5. The predicted octanol–water partition coefficient (Wildman–Crippen LogP) is 4.69. The lowest BCUT2D eigenvalue weighted by Crippen LogP contribution is -2.38. The van der Waals surface area contributed by atoms with Crippen LogP contribution in [0.15, 0.2) is 54.6 Å². The van der Waals surface area contributed by atoms with E-state index in [9.17, 15) is 14.9 Å². The number of piperidine rings is 1. The first-order valence-electron chi connectivity index (χ1n) is 10.7. The highest BCUT2D eigenvalue weighted by Gasteiger charge is 2.70.